The molecular formula is C34H36O14S4. The smallest absolute Gasteiger partial charge is 0.297 e. The normalized spacial score (nSPS) is 21.5. The number of rotatable bonds is 13. The summed E-state index contributed by atoms with van der Waals surface area (Å²) < 4.78 is 135. The van der Waals surface area contributed by atoms with Gasteiger partial charge in [0.05, 0.1) is 26.2 Å². The highest BCUT2D eigenvalue weighted by atomic mass is 32.2. The van der Waals surface area contributed by atoms with Crippen LogP contribution in [0.2, 0.25) is 0 Å². The lowest BCUT2D eigenvalue weighted by atomic mass is 9.99. The molecule has 4 aromatic rings. The fraction of sp³-hybridized carbons (Fsp3) is 0.294. The van der Waals surface area contributed by atoms with Gasteiger partial charge in [-0.1, -0.05) is 70.8 Å². The zero-order valence-electron chi connectivity index (χ0n) is 28.2. The van der Waals surface area contributed by atoms with Crippen LogP contribution in [0.1, 0.15) is 22.3 Å². The summed E-state index contributed by atoms with van der Waals surface area (Å²) in [6, 6.07) is 21.4. The molecule has 1 aliphatic rings. The van der Waals surface area contributed by atoms with Gasteiger partial charge in [-0.2, -0.15) is 33.7 Å². The monoisotopic (exact) mass is 796 g/mol. The molecule has 280 valence electrons. The standard InChI is InChI=1S/C34H36O14S4/c1-22-5-13-26(14-6-22)49(36,37)44-21-30-31(46-50(38,39)27-15-7-23(2)8-16-27)32(47-51(40,41)28-17-9-24(3)10-18-28)33(34(35)45-30)48-52(42,43)29-19-11-25(4)12-20-29/h5-20,30-35H,21H2,1-4H3. The number of aryl methyl sites for hydroxylation is 4. The summed E-state index contributed by atoms with van der Waals surface area (Å²) >= 11 is 0. The number of ether oxygens (including phenoxy) is 1. The van der Waals surface area contributed by atoms with Crippen LogP contribution in [0, 0.1) is 27.7 Å². The summed E-state index contributed by atoms with van der Waals surface area (Å²) in [4.78, 5) is -1.50. The third kappa shape index (κ3) is 9.32. The molecule has 0 bridgehead atoms. The molecule has 5 atom stereocenters. The van der Waals surface area contributed by atoms with E-state index in [1.54, 1.807) is 27.7 Å². The molecule has 1 heterocycles. The van der Waals surface area contributed by atoms with Crippen LogP contribution in [-0.4, -0.2) is 76.1 Å². The van der Waals surface area contributed by atoms with E-state index in [-0.39, 0.29) is 4.90 Å². The lowest BCUT2D eigenvalue weighted by molar-refractivity contribution is -0.268. The molecule has 0 aromatic heterocycles. The van der Waals surface area contributed by atoms with Crippen molar-refractivity contribution in [3.63, 3.8) is 0 Å². The quantitative estimate of drug-likeness (QED) is 0.192. The number of aliphatic hydroxyl groups is 1. The Bertz CT molecular complexity index is 2310. The molecule has 4 aromatic carbocycles. The van der Waals surface area contributed by atoms with E-state index in [0.717, 1.165) is 5.56 Å². The predicted octanol–water partition coefficient (Wildman–Crippen LogP) is 3.67. The molecule has 5 rings (SSSR count). The topological polar surface area (TPSA) is 203 Å². The second kappa shape index (κ2) is 15.4. The molecule has 0 radical (unpaired) electrons. The van der Waals surface area contributed by atoms with E-state index < -0.39 is 92.5 Å². The van der Waals surface area contributed by atoms with E-state index in [9.17, 15) is 38.8 Å². The van der Waals surface area contributed by atoms with Crippen LogP contribution in [-0.2, 0) is 61.9 Å². The fourth-order valence-electron chi connectivity index (χ4n) is 5.01. The van der Waals surface area contributed by atoms with Crippen LogP contribution < -0.4 is 0 Å². The van der Waals surface area contributed by atoms with Crippen molar-refractivity contribution in [3.05, 3.63) is 119 Å². The van der Waals surface area contributed by atoms with Crippen molar-refractivity contribution in [1.82, 2.24) is 0 Å². The van der Waals surface area contributed by atoms with Gasteiger partial charge in [0.1, 0.15) is 18.3 Å². The Morgan fingerprint density at radius 3 is 1.10 bits per heavy atom. The van der Waals surface area contributed by atoms with Gasteiger partial charge >= 0.3 is 0 Å². The van der Waals surface area contributed by atoms with Gasteiger partial charge in [0.2, 0.25) is 0 Å². The van der Waals surface area contributed by atoms with E-state index >= 15 is 0 Å². The van der Waals surface area contributed by atoms with Crippen LogP contribution in [0.5, 0.6) is 0 Å². The van der Waals surface area contributed by atoms with Crippen molar-refractivity contribution in [2.45, 2.75) is 78.0 Å². The maximum Gasteiger partial charge on any atom is 0.297 e. The average molecular weight is 797 g/mol. The Hall–Kier alpha value is -3.56. The summed E-state index contributed by atoms with van der Waals surface area (Å²) in [5.74, 6) is 0. The third-order valence-electron chi connectivity index (χ3n) is 7.95. The molecule has 1 aliphatic heterocycles. The maximum atomic E-state index is 13.7. The molecule has 0 saturated carbocycles. The van der Waals surface area contributed by atoms with Crippen LogP contribution in [0.15, 0.2) is 117 Å². The highest BCUT2D eigenvalue weighted by molar-refractivity contribution is 7.87. The first kappa shape index (κ1) is 39.6. The maximum absolute atomic E-state index is 13.7. The SMILES string of the molecule is Cc1ccc(S(=O)(=O)OCC2OC(O)C(OS(=O)(=O)c3ccc(C)cc3)C(OS(=O)(=O)c3ccc(C)cc3)C2OS(=O)(=O)c2ccc(C)cc2)cc1. The van der Waals surface area contributed by atoms with Gasteiger partial charge in [0, 0.05) is 0 Å². The molecule has 52 heavy (non-hydrogen) atoms. The van der Waals surface area contributed by atoms with E-state index in [1.165, 1.54) is 97.1 Å². The highest BCUT2D eigenvalue weighted by Gasteiger charge is 2.54. The number of aliphatic hydroxyl groups excluding tert-OH is 1. The molecule has 5 unspecified atom stereocenters. The Kier molecular flexibility index (Phi) is 11.8. The van der Waals surface area contributed by atoms with Gasteiger partial charge in [0.25, 0.3) is 40.5 Å². The molecule has 0 amide bonds. The fourth-order valence-corrected chi connectivity index (χ4v) is 9.20. The van der Waals surface area contributed by atoms with E-state index in [2.05, 4.69) is 0 Å². The van der Waals surface area contributed by atoms with Crippen molar-refractivity contribution in [2.75, 3.05) is 6.61 Å². The van der Waals surface area contributed by atoms with Gasteiger partial charge in [-0.3, -0.25) is 16.7 Å². The summed E-state index contributed by atoms with van der Waals surface area (Å²) in [5.41, 5.74) is 2.82. The Morgan fingerprint density at radius 1 is 0.462 bits per heavy atom. The van der Waals surface area contributed by atoms with E-state index in [1.807, 2.05) is 0 Å². The number of hydrogen-bond donors (Lipinski definition) is 1. The largest absolute Gasteiger partial charge is 0.366 e. The van der Waals surface area contributed by atoms with Crippen molar-refractivity contribution in [1.29, 1.82) is 0 Å². The van der Waals surface area contributed by atoms with Gasteiger partial charge in [-0.05, 0) is 76.2 Å². The lowest BCUT2D eigenvalue weighted by Crippen LogP contribution is -2.62. The van der Waals surface area contributed by atoms with E-state index in [0.29, 0.717) is 16.7 Å². The minimum absolute atomic E-state index is 0.278. The lowest BCUT2D eigenvalue weighted by Gasteiger charge is -2.42. The summed E-state index contributed by atoms with van der Waals surface area (Å²) in [6.45, 7) is 5.77. The van der Waals surface area contributed by atoms with Crippen molar-refractivity contribution in [3.8, 4) is 0 Å². The second-order valence-electron chi connectivity index (χ2n) is 12.1. The third-order valence-corrected chi connectivity index (χ3v) is 13.2. The Morgan fingerprint density at radius 2 is 0.750 bits per heavy atom. The molecule has 1 fully saturated rings. The molecule has 1 saturated heterocycles. The van der Waals surface area contributed by atoms with Crippen LogP contribution in [0.4, 0.5) is 0 Å². The highest BCUT2D eigenvalue weighted by Crippen LogP contribution is 2.34. The molecule has 0 spiro atoms. The molecular weight excluding hydrogens is 761 g/mol. The predicted molar refractivity (Wildman–Crippen MR) is 185 cm³/mol. The first-order chi connectivity index (χ1) is 24.3. The Labute approximate surface area is 303 Å². The first-order valence-electron chi connectivity index (χ1n) is 15.6. The molecule has 14 nitrogen and oxygen atoms in total. The zero-order chi connectivity index (χ0) is 38.1. The minimum Gasteiger partial charge on any atom is -0.366 e. The van der Waals surface area contributed by atoms with E-state index in [4.69, 9.17) is 21.5 Å². The molecule has 18 heteroatoms. The zero-order valence-corrected chi connectivity index (χ0v) is 31.5. The first-order valence-corrected chi connectivity index (χ1v) is 21.2. The summed E-state index contributed by atoms with van der Waals surface area (Å²) in [5, 5.41) is 11.2. The molecule has 1 N–H and O–H groups in total. The van der Waals surface area contributed by atoms with Gasteiger partial charge in [-0.25, -0.2) is 0 Å². The van der Waals surface area contributed by atoms with Gasteiger partial charge in [-0.15, -0.1) is 0 Å². The second-order valence-corrected chi connectivity index (χ2v) is 18.4. The minimum atomic E-state index is -4.91. The summed E-state index contributed by atoms with van der Waals surface area (Å²) in [6.07, 6.45) is -11.1. The van der Waals surface area contributed by atoms with Crippen molar-refractivity contribution in [2.24, 2.45) is 0 Å². The average Bonchev–Trinajstić information content (AvgIpc) is 3.07. The van der Waals surface area contributed by atoms with Crippen molar-refractivity contribution >= 4 is 40.5 Å². The van der Waals surface area contributed by atoms with Crippen LogP contribution in [0.25, 0.3) is 0 Å². The van der Waals surface area contributed by atoms with Gasteiger partial charge in [0.15, 0.2) is 12.4 Å². The van der Waals surface area contributed by atoms with Crippen molar-refractivity contribution < 1.29 is 60.2 Å². The molecule has 0 aliphatic carbocycles. The number of benzene rings is 4. The van der Waals surface area contributed by atoms with Crippen LogP contribution >= 0.6 is 0 Å². The van der Waals surface area contributed by atoms with Crippen LogP contribution in [0.3, 0.4) is 0 Å². The number of hydrogen-bond acceptors (Lipinski definition) is 14. The Balaban J connectivity index is 1.61. The summed E-state index contributed by atoms with van der Waals surface area (Å²) in [7, 11) is -19.2. The van der Waals surface area contributed by atoms with Gasteiger partial charge < -0.3 is 9.84 Å².